The molecule has 0 saturated carbocycles. The molecule has 1 fully saturated rings. The van der Waals surface area contributed by atoms with Gasteiger partial charge in [0.2, 0.25) is 0 Å². The second kappa shape index (κ2) is 9.74. The van der Waals surface area contributed by atoms with E-state index in [2.05, 4.69) is 10.6 Å². The second-order valence-corrected chi connectivity index (χ2v) is 6.81. The van der Waals surface area contributed by atoms with Crippen LogP contribution < -0.4 is 10.6 Å². The maximum Gasteiger partial charge on any atom is 0.339 e. The van der Waals surface area contributed by atoms with Crippen LogP contribution in [-0.2, 0) is 11.2 Å². The maximum absolute atomic E-state index is 12.6. The highest BCUT2D eigenvalue weighted by Crippen LogP contribution is 2.22. The summed E-state index contributed by atoms with van der Waals surface area (Å²) in [6, 6.07) is 12.4. The number of halogens is 2. The molecule has 0 bridgehead atoms. The van der Waals surface area contributed by atoms with Crippen LogP contribution >= 0.6 is 24.0 Å². The van der Waals surface area contributed by atoms with Crippen LogP contribution in [0.5, 0.6) is 0 Å². The smallest absolute Gasteiger partial charge is 0.339 e. The highest BCUT2D eigenvalue weighted by atomic mass is 35.5. The average molecular weight is 409 g/mol. The normalized spacial score (nSPS) is 15.7. The Hall–Kier alpha value is -2.08. The lowest BCUT2D eigenvalue weighted by Crippen LogP contribution is -2.14. The Morgan fingerprint density at radius 3 is 2.78 bits per heavy atom. The van der Waals surface area contributed by atoms with E-state index in [-0.39, 0.29) is 28.9 Å². The molecule has 0 radical (unpaired) electrons. The van der Waals surface area contributed by atoms with Crippen LogP contribution in [0.4, 0.5) is 5.69 Å². The van der Waals surface area contributed by atoms with Crippen molar-refractivity contribution in [3.05, 3.63) is 64.2 Å². The molecule has 2 aromatic rings. The quantitative estimate of drug-likeness (QED) is 0.734. The molecule has 5 nitrogen and oxygen atoms in total. The fraction of sp³-hybridized carbons (Fsp3) is 0.300. The van der Waals surface area contributed by atoms with Crippen LogP contribution in [0, 0.1) is 5.92 Å². The topological polar surface area (TPSA) is 67.4 Å². The number of amides is 1. The van der Waals surface area contributed by atoms with E-state index in [1.165, 1.54) is 13.2 Å². The van der Waals surface area contributed by atoms with Crippen LogP contribution in [0.2, 0.25) is 5.02 Å². The first-order valence-corrected chi connectivity index (χ1v) is 8.93. The number of benzene rings is 2. The lowest BCUT2D eigenvalue weighted by molar-refractivity contribution is 0.0600. The first-order chi connectivity index (χ1) is 12.6. The Bertz CT molecular complexity index is 821. The zero-order valence-electron chi connectivity index (χ0n) is 15.0. The molecule has 0 spiro atoms. The highest BCUT2D eigenvalue weighted by molar-refractivity contribution is 6.33. The van der Waals surface area contributed by atoms with Gasteiger partial charge in [0.25, 0.3) is 5.91 Å². The molecule has 0 aliphatic carbocycles. The summed E-state index contributed by atoms with van der Waals surface area (Å²) in [5, 5.41) is 6.45. The lowest BCUT2D eigenvalue weighted by atomic mass is 9.97. The Kier molecular flexibility index (Phi) is 7.66. The van der Waals surface area contributed by atoms with Crippen LogP contribution in [0.3, 0.4) is 0 Å². The molecule has 2 aromatic carbocycles. The van der Waals surface area contributed by atoms with Gasteiger partial charge in [-0.15, -0.1) is 12.4 Å². The number of hydrogen-bond donors (Lipinski definition) is 2. The van der Waals surface area contributed by atoms with Crippen molar-refractivity contribution in [2.24, 2.45) is 5.92 Å². The van der Waals surface area contributed by atoms with Crippen molar-refractivity contribution in [2.45, 2.75) is 12.8 Å². The molecule has 1 heterocycles. The Labute approximate surface area is 169 Å². The number of rotatable bonds is 5. The van der Waals surface area contributed by atoms with Crippen molar-refractivity contribution < 1.29 is 14.3 Å². The van der Waals surface area contributed by atoms with Crippen molar-refractivity contribution in [1.29, 1.82) is 0 Å². The van der Waals surface area contributed by atoms with Gasteiger partial charge in [-0.05, 0) is 67.7 Å². The molecule has 144 valence electrons. The molecule has 1 aliphatic rings. The summed E-state index contributed by atoms with van der Waals surface area (Å²) in [6.45, 7) is 2.08. The van der Waals surface area contributed by atoms with Crippen LogP contribution in [-0.4, -0.2) is 32.1 Å². The summed E-state index contributed by atoms with van der Waals surface area (Å²) in [5.41, 5.74) is 2.44. The highest BCUT2D eigenvalue weighted by Gasteiger charge is 2.16. The third kappa shape index (κ3) is 5.45. The van der Waals surface area contributed by atoms with Crippen molar-refractivity contribution in [1.82, 2.24) is 5.32 Å². The molecule has 3 rings (SSSR count). The zero-order chi connectivity index (χ0) is 18.5. The van der Waals surface area contributed by atoms with Gasteiger partial charge >= 0.3 is 5.97 Å². The molecular formula is C20H22Cl2N2O3. The predicted molar refractivity (Wildman–Crippen MR) is 109 cm³/mol. The maximum atomic E-state index is 12.6. The summed E-state index contributed by atoms with van der Waals surface area (Å²) >= 11 is 6.01. The van der Waals surface area contributed by atoms with Crippen LogP contribution in [0.25, 0.3) is 0 Å². The third-order valence-corrected chi connectivity index (χ3v) is 4.84. The van der Waals surface area contributed by atoms with E-state index in [9.17, 15) is 9.59 Å². The van der Waals surface area contributed by atoms with Gasteiger partial charge in [-0.2, -0.15) is 0 Å². The largest absolute Gasteiger partial charge is 0.465 e. The summed E-state index contributed by atoms with van der Waals surface area (Å²) in [6.07, 6.45) is 2.12. The zero-order valence-corrected chi connectivity index (χ0v) is 16.5. The summed E-state index contributed by atoms with van der Waals surface area (Å²) in [7, 11) is 1.29. The molecule has 1 atom stereocenters. The summed E-state index contributed by atoms with van der Waals surface area (Å²) < 4.78 is 4.70. The van der Waals surface area contributed by atoms with E-state index in [1.54, 1.807) is 18.2 Å². The number of hydrogen-bond acceptors (Lipinski definition) is 4. The Morgan fingerprint density at radius 1 is 1.26 bits per heavy atom. The van der Waals surface area contributed by atoms with Crippen LogP contribution in [0.1, 0.15) is 32.7 Å². The number of carbonyl (C=O) groups is 2. The predicted octanol–water partition coefficient (Wildman–Crippen LogP) is 3.95. The van der Waals surface area contributed by atoms with Gasteiger partial charge in [-0.3, -0.25) is 4.79 Å². The van der Waals surface area contributed by atoms with Gasteiger partial charge in [0, 0.05) is 11.3 Å². The van der Waals surface area contributed by atoms with Gasteiger partial charge in [0.15, 0.2) is 0 Å². The minimum absolute atomic E-state index is 0. The molecule has 1 aliphatic heterocycles. The molecule has 1 unspecified atom stereocenters. The molecule has 7 heteroatoms. The van der Waals surface area contributed by atoms with Gasteiger partial charge < -0.3 is 15.4 Å². The fourth-order valence-electron chi connectivity index (χ4n) is 3.13. The van der Waals surface area contributed by atoms with E-state index in [0.29, 0.717) is 17.2 Å². The standard InChI is InChI=1S/C20H21ClN2O3.ClH/c1-26-20(25)17-11-16(5-6-18(17)21)23-19(24)15-4-2-3-13(10-15)9-14-7-8-22-12-14;/h2-6,10-11,14,22H,7-9,12H2,1H3,(H,23,24);1H. The number of nitrogens with one attached hydrogen (secondary N) is 2. The minimum Gasteiger partial charge on any atom is -0.465 e. The molecule has 27 heavy (non-hydrogen) atoms. The van der Waals surface area contributed by atoms with Gasteiger partial charge in [0.1, 0.15) is 0 Å². The third-order valence-electron chi connectivity index (χ3n) is 4.51. The summed E-state index contributed by atoms with van der Waals surface area (Å²) in [5.74, 6) is -0.153. The first kappa shape index (κ1) is 21.2. The van der Waals surface area contributed by atoms with Crippen molar-refractivity contribution in [3.8, 4) is 0 Å². The van der Waals surface area contributed by atoms with Crippen LogP contribution in [0.15, 0.2) is 42.5 Å². The second-order valence-electron chi connectivity index (χ2n) is 6.40. The van der Waals surface area contributed by atoms with Crippen molar-refractivity contribution >= 4 is 41.6 Å². The first-order valence-electron chi connectivity index (χ1n) is 8.55. The number of ether oxygens (including phenoxy) is 1. The van der Waals surface area contributed by atoms with Gasteiger partial charge in [-0.1, -0.05) is 23.7 Å². The molecule has 0 aromatic heterocycles. The fourth-order valence-corrected chi connectivity index (χ4v) is 3.33. The van der Waals surface area contributed by atoms with E-state index >= 15 is 0 Å². The van der Waals surface area contributed by atoms with Crippen molar-refractivity contribution in [3.63, 3.8) is 0 Å². The minimum atomic E-state index is -0.543. The number of esters is 1. The number of anilines is 1. The molecule has 2 N–H and O–H groups in total. The Morgan fingerprint density at radius 2 is 2.07 bits per heavy atom. The van der Waals surface area contributed by atoms with E-state index in [0.717, 1.165) is 31.5 Å². The molecular weight excluding hydrogens is 387 g/mol. The number of carbonyl (C=O) groups excluding carboxylic acids is 2. The van der Waals surface area contributed by atoms with Gasteiger partial charge in [0.05, 0.1) is 17.7 Å². The monoisotopic (exact) mass is 408 g/mol. The van der Waals surface area contributed by atoms with Gasteiger partial charge in [-0.25, -0.2) is 4.79 Å². The Balaban J connectivity index is 0.00000261. The van der Waals surface area contributed by atoms with E-state index < -0.39 is 5.97 Å². The molecule has 1 amide bonds. The average Bonchev–Trinajstić information content (AvgIpc) is 3.16. The van der Waals surface area contributed by atoms with E-state index in [4.69, 9.17) is 16.3 Å². The van der Waals surface area contributed by atoms with Crippen molar-refractivity contribution in [2.75, 3.05) is 25.5 Å². The molecule has 1 saturated heterocycles. The van der Waals surface area contributed by atoms with E-state index in [1.807, 2.05) is 18.2 Å². The lowest BCUT2D eigenvalue weighted by Gasteiger charge is -2.11. The SMILES string of the molecule is COC(=O)c1cc(NC(=O)c2cccc(CC3CCNC3)c2)ccc1Cl.Cl. The number of methoxy groups -OCH3 is 1. The summed E-state index contributed by atoms with van der Waals surface area (Å²) in [4.78, 5) is 24.3.